The number of fused-ring (bicyclic) bond motifs is 3. The zero-order valence-electron chi connectivity index (χ0n) is 35.2. The summed E-state index contributed by atoms with van der Waals surface area (Å²) in [7, 11) is 4.01. The molecule has 322 valence electrons. The van der Waals surface area contributed by atoms with Crippen LogP contribution in [0.25, 0.3) is 44.2 Å². The molecular formula is C44H52N8O9. The molecule has 5 atom stereocenters. The number of carbonyl (C=O) groups is 4. The Morgan fingerprint density at radius 3 is 2.16 bits per heavy atom. The molecule has 0 saturated carbocycles. The van der Waals surface area contributed by atoms with Crippen LogP contribution in [0.4, 0.5) is 9.59 Å². The molecule has 3 aliphatic rings. The smallest absolute Gasteiger partial charge is 0.407 e. The quantitative estimate of drug-likeness (QED) is 0.129. The molecule has 0 aliphatic carbocycles. The third kappa shape index (κ3) is 8.12. The van der Waals surface area contributed by atoms with Gasteiger partial charge in [-0.15, -0.1) is 0 Å². The fourth-order valence-corrected chi connectivity index (χ4v) is 8.75. The third-order valence-corrected chi connectivity index (χ3v) is 12.1. The van der Waals surface area contributed by atoms with Crippen molar-refractivity contribution >= 4 is 45.8 Å². The Morgan fingerprint density at radius 2 is 1.48 bits per heavy atom. The van der Waals surface area contributed by atoms with Crippen molar-refractivity contribution in [3.63, 3.8) is 0 Å². The van der Waals surface area contributed by atoms with E-state index in [1.807, 2.05) is 38.1 Å². The summed E-state index contributed by atoms with van der Waals surface area (Å²) in [6, 6.07) is 16.1. The molecule has 0 bridgehead atoms. The lowest BCUT2D eigenvalue weighted by atomic mass is 9.99. The Balaban J connectivity index is 1.01. The first-order chi connectivity index (χ1) is 29.4. The number of rotatable bonds is 11. The summed E-state index contributed by atoms with van der Waals surface area (Å²) in [5.41, 5.74) is 5.44. The van der Waals surface area contributed by atoms with E-state index >= 15 is 0 Å². The van der Waals surface area contributed by atoms with E-state index in [0.717, 1.165) is 57.0 Å². The van der Waals surface area contributed by atoms with Crippen LogP contribution in [0.1, 0.15) is 63.8 Å². The van der Waals surface area contributed by atoms with Crippen LogP contribution in [0.5, 0.6) is 0 Å². The molecule has 4 amide bonds. The van der Waals surface area contributed by atoms with Crippen LogP contribution in [0.15, 0.2) is 60.8 Å². The molecule has 0 unspecified atom stereocenters. The number of methoxy groups -OCH3 is 3. The second-order valence-electron chi connectivity index (χ2n) is 16.2. The van der Waals surface area contributed by atoms with Gasteiger partial charge in [0.1, 0.15) is 23.7 Å². The van der Waals surface area contributed by atoms with E-state index in [1.165, 1.54) is 21.3 Å². The average Bonchev–Trinajstić information content (AvgIpc) is 4.14. The molecule has 3 aliphatic heterocycles. The number of nitrogens with one attached hydrogen (secondary N) is 4. The Bertz CT molecular complexity index is 2420. The predicted molar refractivity (Wildman–Crippen MR) is 224 cm³/mol. The van der Waals surface area contributed by atoms with Gasteiger partial charge in [-0.2, -0.15) is 0 Å². The molecule has 3 saturated heterocycles. The van der Waals surface area contributed by atoms with E-state index in [1.54, 1.807) is 22.9 Å². The molecular weight excluding hydrogens is 785 g/mol. The zero-order chi connectivity index (χ0) is 43.0. The van der Waals surface area contributed by atoms with Crippen molar-refractivity contribution < 1.29 is 42.9 Å². The Morgan fingerprint density at radius 1 is 0.803 bits per heavy atom. The minimum Gasteiger partial charge on any atom is -0.453 e. The van der Waals surface area contributed by atoms with Gasteiger partial charge in [0, 0.05) is 25.5 Å². The van der Waals surface area contributed by atoms with Gasteiger partial charge in [0.2, 0.25) is 11.8 Å². The van der Waals surface area contributed by atoms with Gasteiger partial charge in [0.15, 0.2) is 5.79 Å². The molecule has 17 nitrogen and oxygen atoms in total. The van der Waals surface area contributed by atoms with E-state index in [9.17, 15) is 19.2 Å². The monoisotopic (exact) mass is 836 g/mol. The van der Waals surface area contributed by atoms with Crippen molar-refractivity contribution in [1.82, 2.24) is 40.4 Å². The van der Waals surface area contributed by atoms with Gasteiger partial charge in [0.05, 0.1) is 75.1 Å². The second-order valence-corrected chi connectivity index (χ2v) is 16.2. The van der Waals surface area contributed by atoms with Crippen molar-refractivity contribution in [2.75, 3.05) is 47.6 Å². The predicted octanol–water partition coefficient (Wildman–Crippen LogP) is 5.59. The molecule has 8 rings (SSSR count). The van der Waals surface area contributed by atoms with Crippen molar-refractivity contribution in [1.29, 1.82) is 0 Å². The molecule has 2 aromatic heterocycles. The highest BCUT2D eigenvalue weighted by Gasteiger charge is 2.53. The van der Waals surface area contributed by atoms with Crippen LogP contribution in [-0.4, -0.2) is 125 Å². The zero-order valence-corrected chi connectivity index (χ0v) is 35.2. The number of benzene rings is 3. The van der Waals surface area contributed by atoms with Gasteiger partial charge in [0.25, 0.3) is 0 Å². The third-order valence-electron chi connectivity index (χ3n) is 12.1. The number of aromatic nitrogens is 4. The summed E-state index contributed by atoms with van der Waals surface area (Å²) < 4.78 is 27.2. The van der Waals surface area contributed by atoms with Crippen LogP contribution in [0.2, 0.25) is 0 Å². The fraction of sp³-hybridized carbons (Fsp3) is 0.455. The number of ether oxygens (including phenoxy) is 5. The van der Waals surface area contributed by atoms with Gasteiger partial charge in [-0.25, -0.2) is 19.6 Å². The van der Waals surface area contributed by atoms with Crippen LogP contribution < -0.4 is 10.6 Å². The highest BCUT2D eigenvalue weighted by molar-refractivity contribution is 6.05. The first-order valence-electron chi connectivity index (χ1n) is 20.6. The number of alkyl carbamates (subject to hydrolysis) is 2. The van der Waals surface area contributed by atoms with Gasteiger partial charge >= 0.3 is 12.2 Å². The van der Waals surface area contributed by atoms with Crippen LogP contribution >= 0.6 is 0 Å². The topological polar surface area (TPSA) is 202 Å². The molecule has 4 N–H and O–H groups in total. The first kappa shape index (κ1) is 41.7. The van der Waals surface area contributed by atoms with Crippen LogP contribution in [0, 0.1) is 5.92 Å². The van der Waals surface area contributed by atoms with E-state index in [4.69, 9.17) is 33.7 Å². The Kier molecular flexibility index (Phi) is 11.7. The molecule has 61 heavy (non-hydrogen) atoms. The Labute approximate surface area is 352 Å². The highest BCUT2D eigenvalue weighted by atomic mass is 16.7. The van der Waals surface area contributed by atoms with Gasteiger partial charge in [-0.3, -0.25) is 9.59 Å². The number of H-pyrrole nitrogens is 2. The summed E-state index contributed by atoms with van der Waals surface area (Å²) in [5.74, 6) is -0.335. The van der Waals surface area contributed by atoms with E-state index in [0.29, 0.717) is 37.8 Å². The van der Waals surface area contributed by atoms with Gasteiger partial charge in [-0.05, 0) is 59.9 Å². The molecule has 3 aromatic carbocycles. The number of hydrogen-bond acceptors (Lipinski definition) is 11. The first-order valence-corrected chi connectivity index (χ1v) is 20.6. The number of hydrogen-bond donors (Lipinski definition) is 4. The number of carbonyl (C=O) groups excluding carboxylic acids is 4. The van der Waals surface area contributed by atoms with Gasteiger partial charge < -0.3 is 54.1 Å². The minimum absolute atomic E-state index is 0.118. The second kappa shape index (κ2) is 17.1. The summed E-state index contributed by atoms with van der Waals surface area (Å²) >= 11 is 0. The highest BCUT2D eigenvalue weighted by Crippen LogP contribution is 2.43. The fourth-order valence-electron chi connectivity index (χ4n) is 8.75. The maximum absolute atomic E-state index is 14.2. The number of imidazole rings is 2. The van der Waals surface area contributed by atoms with Crippen LogP contribution in [-0.2, 0) is 33.3 Å². The molecule has 5 aromatic rings. The maximum atomic E-state index is 14.2. The normalized spacial score (nSPS) is 20.0. The summed E-state index contributed by atoms with van der Waals surface area (Å²) in [6.45, 7) is 7.06. The maximum Gasteiger partial charge on any atom is 0.407 e. The number of likely N-dealkylation sites (tertiary alicyclic amines) is 2. The van der Waals surface area contributed by atoms with Crippen molar-refractivity contribution in [3.8, 4) is 22.4 Å². The number of nitrogens with zero attached hydrogens (tertiary/aromatic N) is 4. The van der Waals surface area contributed by atoms with Gasteiger partial charge in [-0.1, -0.05) is 56.3 Å². The largest absolute Gasteiger partial charge is 0.453 e. The molecule has 0 radical (unpaired) electrons. The lowest BCUT2D eigenvalue weighted by Gasteiger charge is -2.30. The van der Waals surface area contributed by atoms with Crippen molar-refractivity contribution in [2.45, 2.75) is 76.1 Å². The van der Waals surface area contributed by atoms with E-state index < -0.39 is 42.2 Å². The SMILES string of the molecule is COC(=O)N[C@H](C(=O)N1CCC[C@H]1c1ncc(-c2ccc(-c3ccc4c(ccc5[nH]c([C@@H]6CC7(CN6C(=O)[C@@H](NC(=O)OC)[C@@H](C)OC)OCCO7)nc54)c3)cc2)[nH]1)C(C)C. The standard InChI is InChI=1S/C44H52N8O9/c1-24(2)35(49-42(55)58-5)40(53)51-17-7-8-33(51)38-45-22-32(47-38)27-11-9-26(10-12-27)28-13-15-30-29(20-28)14-16-31-37(30)48-39(46-31)34-21-44(60-18-19-61-44)23-52(34)41(54)36(25(3)57-4)50-43(56)59-6/h9-16,20,22,24-25,33-36H,7-8,17-19,21,23H2,1-6H3,(H,45,47)(H,46,48)(H,49,55)(H,50,56)/t25-,33+,34+,35+,36+/m1/s1. The molecule has 3 fully saturated rings. The average molecular weight is 837 g/mol. The molecule has 5 heterocycles. The lowest BCUT2D eigenvalue weighted by molar-refractivity contribution is -0.154. The Hall–Kier alpha value is -6.04. The lowest BCUT2D eigenvalue weighted by Crippen LogP contribution is -2.54. The molecule has 17 heteroatoms. The molecule has 1 spiro atoms. The summed E-state index contributed by atoms with van der Waals surface area (Å²) in [5, 5.41) is 7.28. The van der Waals surface area contributed by atoms with Crippen molar-refractivity contribution in [3.05, 3.63) is 72.4 Å². The van der Waals surface area contributed by atoms with Crippen LogP contribution in [0.3, 0.4) is 0 Å². The van der Waals surface area contributed by atoms with E-state index in [-0.39, 0.29) is 30.3 Å². The number of aromatic amines is 2. The van der Waals surface area contributed by atoms with E-state index in [2.05, 4.69) is 50.9 Å². The van der Waals surface area contributed by atoms with Crippen molar-refractivity contribution in [2.24, 2.45) is 5.92 Å². The number of amides is 4. The summed E-state index contributed by atoms with van der Waals surface area (Å²) in [6.07, 6.45) is 1.73. The minimum atomic E-state index is -1.02. The summed E-state index contributed by atoms with van der Waals surface area (Å²) in [4.78, 5) is 72.2.